The van der Waals surface area contributed by atoms with Crippen LogP contribution in [0.2, 0.25) is 5.02 Å². The molecule has 0 radical (unpaired) electrons. The number of nitrogens with one attached hydrogen (secondary N) is 2. The van der Waals surface area contributed by atoms with E-state index in [2.05, 4.69) is 32.5 Å². The molecule has 3 aliphatic rings. The first-order valence-corrected chi connectivity index (χ1v) is 14.9. The zero-order chi connectivity index (χ0) is 30.1. The fourth-order valence-corrected chi connectivity index (χ4v) is 6.33. The van der Waals surface area contributed by atoms with Crippen LogP contribution in [0.4, 0.5) is 21.6 Å². The third-order valence-electron chi connectivity index (χ3n) is 8.61. The van der Waals surface area contributed by atoms with Gasteiger partial charge < -0.3 is 25.2 Å². The molecular formula is C31H35ClFN7O3. The predicted molar refractivity (Wildman–Crippen MR) is 164 cm³/mol. The summed E-state index contributed by atoms with van der Waals surface area (Å²) in [5, 5.41) is 6.77. The van der Waals surface area contributed by atoms with Gasteiger partial charge in [0.2, 0.25) is 11.8 Å². The Bertz CT molecular complexity index is 1560. The molecule has 2 aromatic carbocycles. The van der Waals surface area contributed by atoms with Crippen LogP contribution in [0.5, 0.6) is 5.75 Å². The summed E-state index contributed by atoms with van der Waals surface area (Å²) in [6.07, 6.45) is 5.62. The molecule has 2 N–H and O–H groups in total. The average molecular weight is 608 g/mol. The molecule has 2 atom stereocenters. The topological polar surface area (TPSA) is 103 Å². The Hall–Kier alpha value is -3.80. The van der Waals surface area contributed by atoms with Gasteiger partial charge in [0, 0.05) is 63.0 Å². The van der Waals surface area contributed by atoms with Crippen LogP contribution in [0.1, 0.15) is 6.42 Å². The number of fused-ring (bicyclic) bond motifs is 2. The minimum atomic E-state index is -0.513. The molecule has 2 aliphatic heterocycles. The highest BCUT2D eigenvalue weighted by molar-refractivity contribution is 6.31. The van der Waals surface area contributed by atoms with Crippen LogP contribution >= 0.6 is 11.6 Å². The van der Waals surface area contributed by atoms with Crippen LogP contribution in [-0.4, -0.2) is 96.5 Å². The summed E-state index contributed by atoms with van der Waals surface area (Å²) >= 11 is 5.98. The SMILES string of the molecule is CN1CC2C(CCOc3cc4ncnc(Nc5ccc(F)c(Cl)c5)c4cc3NC(=O)/C=C/CN3CCN(C)C(=O)C3)C2C1. The third kappa shape index (κ3) is 6.74. The van der Waals surface area contributed by atoms with Gasteiger partial charge in [-0.25, -0.2) is 14.4 Å². The molecule has 12 heteroatoms. The highest BCUT2D eigenvalue weighted by Gasteiger charge is 2.53. The molecule has 3 aromatic rings. The molecule has 3 fully saturated rings. The number of benzene rings is 2. The Kier molecular flexibility index (Phi) is 8.47. The average Bonchev–Trinajstić information content (AvgIpc) is 3.43. The third-order valence-corrected chi connectivity index (χ3v) is 8.90. The van der Waals surface area contributed by atoms with E-state index in [-0.39, 0.29) is 16.8 Å². The van der Waals surface area contributed by atoms with Gasteiger partial charge in [-0.05, 0) is 55.5 Å². The maximum Gasteiger partial charge on any atom is 0.248 e. The molecule has 6 rings (SSSR count). The highest BCUT2D eigenvalue weighted by Crippen LogP contribution is 2.53. The van der Waals surface area contributed by atoms with Gasteiger partial charge in [0.05, 0.1) is 29.4 Å². The molecule has 0 bridgehead atoms. The van der Waals surface area contributed by atoms with E-state index in [0.717, 1.165) is 37.9 Å². The van der Waals surface area contributed by atoms with Crippen molar-refractivity contribution in [3.05, 3.63) is 59.7 Å². The minimum absolute atomic E-state index is 0.00817. The number of aromatic nitrogens is 2. The predicted octanol–water partition coefficient (Wildman–Crippen LogP) is 4.01. The highest BCUT2D eigenvalue weighted by atomic mass is 35.5. The van der Waals surface area contributed by atoms with Crippen LogP contribution < -0.4 is 15.4 Å². The van der Waals surface area contributed by atoms with E-state index in [0.29, 0.717) is 66.0 Å². The summed E-state index contributed by atoms with van der Waals surface area (Å²) in [6.45, 7) is 5.07. The summed E-state index contributed by atoms with van der Waals surface area (Å²) in [4.78, 5) is 39.9. The number of piperidine rings is 1. The zero-order valence-corrected chi connectivity index (χ0v) is 25.0. The van der Waals surface area contributed by atoms with E-state index in [1.807, 2.05) is 4.90 Å². The van der Waals surface area contributed by atoms with E-state index in [1.165, 1.54) is 24.5 Å². The lowest BCUT2D eigenvalue weighted by Gasteiger charge is -2.31. The summed E-state index contributed by atoms with van der Waals surface area (Å²) in [5.41, 5.74) is 1.67. The molecular weight excluding hydrogens is 573 g/mol. The lowest BCUT2D eigenvalue weighted by Crippen LogP contribution is -2.48. The maximum atomic E-state index is 13.7. The lowest BCUT2D eigenvalue weighted by atomic mass is 10.1. The van der Waals surface area contributed by atoms with Gasteiger partial charge in [-0.15, -0.1) is 0 Å². The number of hydrogen-bond donors (Lipinski definition) is 2. The number of likely N-dealkylation sites (tertiary alicyclic amines) is 1. The Balaban J connectivity index is 1.19. The molecule has 226 valence electrons. The van der Waals surface area contributed by atoms with Gasteiger partial charge >= 0.3 is 0 Å². The Morgan fingerprint density at radius 1 is 1.16 bits per heavy atom. The molecule has 3 heterocycles. The van der Waals surface area contributed by atoms with Gasteiger partial charge in [-0.3, -0.25) is 14.5 Å². The van der Waals surface area contributed by atoms with Crippen LogP contribution in [0.3, 0.4) is 0 Å². The quantitative estimate of drug-likeness (QED) is 0.333. The minimum Gasteiger partial charge on any atom is -0.491 e. The van der Waals surface area contributed by atoms with E-state index >= 15 is 0 Å². The van der Waals surface area contributed by atoms with E-state index < -0.39 is 5.82 Å². The normalized spacial score (nSPS) is 22.3. The second-order valence-corrected chi connectivity index (χ2v) is 12.0. The Morgan fingerprint density at radius 3 is 2.74 bits per heavy atom. The number of halogens is 2. The monoisotopic (exact) mass is 607 g/mol. The van der Waals surface area contributed by atoms with Gasteiger partial charge in [0.1, 0.15) is 23.7 Å². The Morgan fingerprint density at radius 2 is 1.98 bits per heavy atom. The molecule has 10 nitrogen and oxygen atoms in total. The number of piperazine rings is 1. The van der Waals surface area contributed by atoms with Crippen molar-refractivity contribution in [2.45, 2.75) is 6.42 Å². The van der Waals surface area contributed by atoms with Crippen molar-refractivity contribution >= 4 is 51.5 Å². The molecule has 43 heavy (non-hydrogen) atoms. The molecule has 2 saturated heterocycles. The number of carbonyl (C=O) groups excluding carboxylic acids is 2. The molecule has 1 saturated carbocycles. The lowest BCUT2D eigenvalue weighted by molar-refractivity contribution is -0.134. The van der Waals surface area contributed by atoms with Crippen LogP contribution in [0.25, 0.3) is 10.9 Å². The van der Waals surface area contributed by atoms with Crippen LogP contribution in [0.15, 0.2) is 48.8 Å². The van der Waals surface area contributed by atoms with Crippen molar-refractivity contribution in [2.75, 3.05) is 70.6 Å². The van der Waals surface area contributed by atoms with E-state index in [9.17, 15) is 14.0 Å². The standard InChI is InChI=1S/C31H35ClFN7O3/c1-38-15-22-20(23(22)16-38)7-11-43-28-14-26-21(31(35-18-34-26)36-19-5-6-25(33)24(32)12-19)13-27(28)37-29(41)4-3-8-40-10-9-39(2)30(42)17-40/h3-6,12-14,18,20,22-23H,7-11,15-17H2,1-2H3,(H,37,41)(H,34,35,36)/b4-3+. The van der Waals surface area contributed by atoms with E-state index in [4.69, 9.17) is 16.3 Å². The summed E-state index contributed by atoms with van der Waals surface area (Å²) in [7, 11) is 3.96. The summed E-state index contributed by atoms with van der Waals surface area (Å²) in [5.74, 6) is 2.43. The van der Waals surface area contributed by atoms with Crippen molar-refractivity contribution in [2.24, 2.45) is 17.8 Å². The Labute approximate surface area is 254 Å². The largest absolute Gasteiger partial charge is 0.491 e. The second kappa shape index (κ2) is 12.4. The smallest absolute Gasteiger partial charge is 0.248 e. The number of rotatable bonds is 10. The van der Waals surface area contributed by atoms with Crippen molar-refractivity contribution < 1.29 is 18.7 Å². The number of amides is 2. The van der Waals surface area contributed by atoms with Crippen molar-refractivity contribution in [1.82, 2.24) is 24.7 Å². The number of ether oxygens (including phenoxy) is 1. The molecule has 1 aromatic heterocycles. The van der Waals surface area contributed by atoms with E-state index in [1.54, 1.807) is 36.2 Å². The number of likely N-dealkylation sites (N-methyl/N-ethyl adjacent to an activating group) is 1. The number of anilines is 3. The molecule has 2 amide bonds. The molecule has 1 aliphatic carbocycles. The fourth-order valence-electron chi connectivity index (χ4n) is 6.15. The van der Waals surface area contributed by atoms with Crippen molar-refractivity contribution in [3.8, 4) is 5.75 Å². The molecule has 0 spiro atoms. The first-order valence-electron chi connectivity index (χ1n) is 14.5. The van der Waals surface area contributed by atoms with Crippen molar-refractivity contribution in [1.29, 1.82) is 0 Å². The van der Waals surface area contributed by atoms with Gasteiger partial charge in [0.25, 0.3) is 0 Å². The maximum absolute atomic E-state index is 13.7. The zero-order valence-electron chi connectivity index (χ0n) is 24.2. The van der Waals surface area contributed by atoms with Gasteiger partial charge in [0.15, 0.2) is 0 Å². The van der Waals surface area contributed by atoms with Crippen LogP contribution in [0, 0.1) is 23.6 Å². The first-order chi connectivity index (χ1) is 20.7. The molecule has 2 unspecified atom stereocenters. The summed E-state index contributed by atoms with van der Waals surface area (Å²) in [6, 6.07) is 7.91. The number of hydrogen-bond acceptors (Lipinski definition) is 8. The van der Waals surface area contributed by atoms with Crippen molar-refractivity contribution in [3.63, 3.8) is 0 Å². The number of nitrogens with zero attached hydrogens (tertiary/aromatic N) is 5. The summed E-state index contributed by atoms with van der Waals surface area (Å²) < 4.78 is 20.0. The van der Waals surface area contributed by atoms with Crippen LogP contribution in [-0.2, 0) is 9.59 Å². The number of carbonyl (C=O) groups is 2. The van der Waals surface area contributed by atoms with Gasteiger partial charge in [-0.1, -0.05) is 17.7 Å². The fraction of sp³-hybridized carbons (Fsp3) is 0.419. The van der Waals surface area contributed by atoms with Gasteiger partial charge in [-0.2, -0.15) is 0 Å². The second-order valence-electron chi connectivity index (χ2n) is 11.6. The first kappa shape index (κ1) is 29.3.